The van der Waals surface area contributed by atoms with Crippen LogP contribution >= 0.6 is 0 Å². The Balaban J connectivity index is 1.22. The first kappa shape index (κ1) is 32.1. The number of amides is 2. The maximum Gasteiger partial charge on any atom is 0.329 e. The van der Waals surface area contributed by atoms with Gasteiger partial charge in [-0.05, 0) is 92.2 Å². The fourth-order valence-electron chi connectivity index (χ4n) is 9.79. The summed E-state index contributed by atoms with van der Waals surface area (Å²) in [5.41, 5.74) is 0.516. The molecule has 1 saturated heterocycles. The van der Waals surface area contributed by atoms with Crippen molar-refractivity contribution in [3.63, 3.8) is 0 Å². The number of aliphatic hydroxyl groups excluding tert-OH is 1. The summed E-state index contributed by atoms with van der Waals surface area (Å²) in [5.74, 6) is -1.08. The average molecular weight is 625 g/mol. The molecule has 248 valence electrons. The molecule has 2 amide bonds. The van der Waals surface area contributed by atoms with Crippen LogP contribution in [0.2, 0.25) is 0 Å². The number of aromatic hydroxyl groups is 2. The summed E-state index contributed by atoms with van der Waals surface area (Å²) in [6.45, 7) is 6.86. The van der Waals surface area contributed by atoms with Crippen molar-refractivity contribution in [2.75, 3.05) is 0 Å². The van der Waals surface area contributed by atoms with Gasteiger partial charge < -0.3 is 30.3 Å². The molecule has 1 heterocycles. The second kappa shape index (κ2) is 12.4. The van der Waals surface area contributed by atoms with Gasteiger partial charge in [-0.2, -0.15) is 0 Å². The number of benzene rings is 1. The summed E-state index contributed by atoms with van der Waals surface area (Å²) in [4.78, 5) is 44.0. The quantitative estimate of drug-likeness (QED) is 0.237. The summed E-state index contributed by atoms with van der Waals surface area (Å²) in [6.07, 6.45) is 10.5. The standard InChI is InChI=1S/C36H52N2O7/c1-35(2)24-15-16-36(35,3)30(20-24)45-34(44)26-19-23-11-7-8-12-25(23)38(26)33(43)31(22-9-5-4-6-10-22)37-32(42)29(41)18-21-13-14-27(39)28(40)17-21/h13-14,17,22-26,29-31,39-41H,4-12,15-16,18-20H2,1-3H3,(H,37,42)/t23?,24?,25-,26+,29-,30?,31+,36?/m1/s1. The van der Waals surface area contributed by atoms with Gasteiger partial charge >= 0.3 is 5.97 Å². The Morgan fingerprint density at radius 2 is 1.67 bits per heavy atom. The van der Waals surface area contributed by atoms with E-state index in [0.29, 0.717) is 17.9 Å². The van der Waals surface area contributed by atoms with Gasteiger partial charge in [0.05, 0.1) is 0 Å². The van der Waals surface area contributed by atoms with Gasteiger partial charge in [0.25, 0.3) is 0 Å². The molecule has 4 aliphatic carbocycles. The number of aliphatic hydroxyl groups is 1. The molecule has 45 heavy (non-hydrogen) atoms. The lowest BCUT2D eigenvalue weighted by Crippen LogP contribution is -2.59. The van der Waals surface area contributed by atoms with Crippen LogP contribution in [-0.4, -0.2) is 68.3 Å². The highest BCUT2D eigenvalue weighted by atomic mass is 16.5. The Hall–Kier alpha value is -2.81. The third-order valence-corrected chi connectivity index (χ3v) is 13.0. The van der Waals surface area contributed by atoms with Gasteiger partial charge in [0.15, 0.2) is 11.5 Å². The van der Waals surface area contributed by atoms with E-state index in [1.54, 1.807) is 4.90 Å². The van der Waals surface area contributed by atoms with Gasteiger partial charge in [0.1, 0.15) is 24.3 Å². The largest absolute Gasteiger partial charge is 0.504 e. The Morgan fingerprint density at radius 3 is 2.33 bits per heavy atom. The van der Waals surface area contributed by atoms with Gasteiger partial charge in [-0.1, -0.05) is 58.9 Å². The van der Waals surface area contributed by atoms with E-state index in [4.69, 9.17) is 4.74 Å². The Kier molecular flexibility index (Phi) is 8.87. The van der Waals surface area contributed by atoms with E-state index in [0.717, 1.165) is 77.0 Å². The number of fused-ring (bicyclic) bond motifs is 3. The minimum atomic E-state index is -1.45. The van der Waals surface area contributed by atoms with Gasteiger partial charge in [-0.3, -0.25) is 9.59 Å². The van der Waals surface area contributed by atoms with Crippen LogP contribution in [0, 0.1) is 28.6 Å². The molecule has 2 bridgehead atoms. The average Bonchev–Trinajstić information content (AvgIpc) is 3.58. The molecule has 0 radical (unpaired) electrons. The molecule has 0 spiro atoms. The van der Waals surface area contributed by atoms with E-state index in [1.807, 2.05) is 0 Å². The number of phenolic OH excluding ortho intramolecular Hbond substituents is 2. The normalized spacial score (nSPS) is 33.8. The van der Waals surface area contributed by atoms with Crippen LogP contribution in [0.15, 0.2) is 18.2 Å². The highest BCUT2D eigenvalue weighted by Crippen LogP contribution is 2.66. The third-order valence-electron chi connectivity index (χ3n) is 13.0. The molecule has 6 rings (SSSR count). The molecular formula is C36H52N2O7. The maximum absolute atomic E-state index is 14.7. The number of phenols is 2. The molecule has 0 aromatic heterocycles. The smallest absolute Gasteiger partial charge is 0.329 e. The van der Waals surface area contributed by atoms with E-state index in [2.05, 4.69) is 26.1 Å². The van der Waals surface area contributed by atoms with Crippen molar-refractivity contribution in [2.24, 2.45) is 28.6 Å². The lowest BCUT2D eigenvalue weighted by atomic mass is 9.70. The fraction of sp³-hybridized carbons (Fsp3) is 0.750. The zero-order valence-corrected chi connectivity index (χ0v) is 27.2. The maximum atomic E-state index is 14.7. The molecule has 1 aliphatic heterocycles. The number of nitrogens with one attached hydrogen (secondary N) is 1. The second-order valence-electron chi connectivity index (χ2n) is 15.6. The summed E-state index contributed by atoms with van der Waals surface area (Å²) in [7, 11) is 0. The predicted octanol–water partition coefficient (Wildman–Crippen LogP) is 4.98. The van der Waals surface area contributed by atoms with Gasteiger partial charge in [0.2, 0.25) is 11.8 Å². The first-order valence-corrected chi connectivity index (χ1v) is 17.4. The minimum Gasteiger partial charge on any atom is -0.504 e. The minimum absolute atomic E-state index is 0.0521. The van der Waals surface area contributed by atoms with Crippen LogP contribution in [0.4, 0.5) is 0 Å². The number of nitrogens with zero attached hydrogens (tertiary/aromatic N) is 1. The van der Waals surface area contributed by atoms with Crippen molar-refractivity contribution in [1.29, 1.82) is 0 Å². The SMILES string of the molecule is CC1(C)C2CCC1(C)C(OC(=O)[C@@H]1CC3CCCC[C@H]3N1C(=O)[C@@H](NC(=O)[C@H](O)Cc1ccc(O)c(O)c1)C1CCCCC1)C2. The summed E-state index contributed by atoms with van der Waals surface area (Å²) in [6, 6.07) is 2.62. The Labute approximate surface area is 267 Å². The zero-order valence-electron chi connectivity index (χ0n) is 27.2. The van der Waals surface area contributed by atoms with Crippen LogP contribution in [0.1, 0.15) is 110 Å². The molecule has 8 atom stereocenters. The van der Waals surface area contributed by atoms with Crippen LogP contribution in [0.5, 0.6) is 11.5 Å². The molecule has 4 unspecified atom stereocenters. The van der Waals surface area contributed by atoms with Crippen molar-refractivity contribution in [3.8, 4) is 11.5 Å². The van der Waals surface area contributed by atoms with Crippen molar-refractivity contribution in [1.82, 2.24) is 10.2 Å². The molecule has 9 heteroatoms. The van der Waals surface area contributed by atoms with Crippen LogP contribution in [0.25, 0.3) is 0 Å². The Morgan fingerprint density at radius 1 is 0.956 bits per heavy atom. The molecule has 4 saturated carbocycles. The highest BCUT2D eigenvalue weighted by Gasteiger charge is 2.63. The monoisotopic (exact) mass is 624 g/mol. The molecule has 1 aromatic rings. The number of likely N-dealkylation sites (tertiary alicyclic amines) is 1. The number of ether oxygens (including phenoxy) is 1. The van der Waals surface area contributed by atoms with Gasteiger partial charge in [0, 0.05) is 17.9 Å². The number of carbonyl (C=O) groups excluding carboxylic acids is 3. The van der Waals surface area contributed by atoms with Gasteiger partial charge in [-0.15, -0.1) is 0 Å². The van der Waals surface area contributed by atoms with Crippen LogP contribution in [0.3, 0.4) is 0 Å². The van der Waals surface area contributed by atoms with Crippen molar-refractivity contribution < 1.29 is 34.4 Å². The number of hydrogen-bond acceptors (Lipinski definition) is 7. The van der Waals surface area contributed by atoms with E-state index >= 15 is 0 Å². The molecule has 5 aliphatic rings. The highest BCUT2D eigenvalue weighted by molar-refractivity contribution is 5.93. The van der Waals surface area contributed by atoms with Crippen molar-refractivity contribution >= 4 is 17.8 Å². The molecular weight excluding hydrogens is 572 g/mol. The Bertz CT molecular complexity index is 1290. The van der Waals surface area contributed by atoms with E-state index in [9.17, 15) is 29.7 Å². The first-order valence-electron chi connectivity index (χ1n) is 17.4. The van der Waals surface area contributed by atoms with E-state index in [1.165, 1.54) is 18.2 Å². The third kappa shape index (κ3) is 5.83. The van der Waals surface area contributed by atoms with E-state index < -0.39 is 24.1 Å². The van der Waals surface area contributed by atoms with Crippen molar-refractivity contribution in [2.45, 2.75) is 141 Å². The van der Waals surface area contributed by atoms with Crippen molar-refractivity contribution in [3.05, 3.63) is 23.8 Å². The number of carbonyl (C=O) groups is 3. The van der Waals surface area contributed by atoms with Crippen LogP contribution < -0.4 is 5.32 Å². The molecule has 4 N–H and O–H groups in total. The molecule has 1 aromatic carbocycles. The summed E-state index contributed by atoms with van der Waals surface area (Å²) in [5, 5.41) is 33.3. The van der Waals surface area contributed by atoms with E-state index in [-0.39, 0.29) is 64.6 Å². The van der Waals surface area contributed by atoms with Crippen LogP contribution in [-0.2, 0) is 25.5 Å². The second-order valence-corrected chi connectivity index (χ2v) is 15.6. The summed E-state index contributed by atoms with van der Waals surface area (Å²) >= 11 is 0. The summed E-state index contributed by atoms with van der Waals surface area (Å²) < 4.78 is 6.38. The number of hydrogen-bond donors (Lipinski definition) is 4. The fourth-order valence-corrected chi connectivity index (χ4v) is 9.79. The molecule has 9 nitrogen and oxygen atoms in total. The lowest BCUT2D eigenvalue weighted by molar-refractivity contribution is -0.166. The topological polar surface area (TPSA) is 136 Å². The predicted molar refractivity (Wildman–Crippen MR) is 168 cm³/mol. The zero-order chi connectivity index (χ0) is 32.1. The first-order chi connectivity index (χ1) is 21.4. The number of rotatable bonds is 8. The van der Waals surface area contributed by atoms with Gasteiger partial charge in [-0.25, -0.2) is 4.79 Å². The molecule has 5 fully saturated rings. The lowest BCUT2D eigenvalue weighted by Gasteiger charge is -2.40. The number of esters is 1.